The largest absolute Gasteiger partial charge is 0.334 e. The molecule has 1 fully saturated rings. The second-order valence-electron chi connectivity index (χ2n) is 6.86. The Morgan fingerprint density at radius 3 is 2.85 bits per heavy atom. The predicted octanol–water partition coefficient (Wildman–Crippen LogP) is 3.35. The van der Waals surface area contributed by atoms with E-state index in [2.05, 4.69) is 22.1 Å². The van der Waals surface area contributed by atoms with Crippen molar-refractivity contribution in [1.82, 2.24) is 24.4 Å². The Labute approximate surface area is 158 Å². The number of carbonyl (C=O) groups excluding carboxylic acids is 1. The molecule has 0 aliphatic carbocycles. The topological polar surface area (TPSA) is 63.9 Å². The van der Waals surface area contributed by atoms with Crippen molar-refractivity contribution < 1.29 is 4.79 Å². The van der Waals surface area contributed by atoms with E-state index >= 15 is 0 Å². The van der Waals surface area contributed by atoms with Crippen molar-refractivity contribution in [2.45, 2.75) is 38.1 Å². The van der Waals surface area contributed by atoms with Gasteiger partial charge in [0.05, 0.1) is 24.1 Å². The normalized spacial score (nSPS) is 16.6. The van der Waals surface area contributed by atoms with Gasteiger partial charge in [-0.05, 0) is 31.2 Å². The van der Waals surface area contributed by atoms with Crippen molar-refractivity contribution in [2.24, 2.45) is 0 Å². The Kier molecular flexibility index (Phi) is 5.23. The van der Waals surface area contributed by atoms with Crippen molar-refractivity contribution in [2.75, 3.05) is 6.54 Å². The van der Waals surface area contributed by atoms with Crippen LogP contribution in [0.5, 0.6) is 0 Å². The van der Waals surface area contributed by atoms with Crippen molar-refractivity contribution in [3.05, 3.63) is 72.7 Å². The Morgan fingerprint density at radius 1 is 1.15 bits per heavy atom. The van der Waals surface area contributed by atoms with E-state index in [-0.39, 0.29) is 11.9 Å². The second kappa shape index (κ2) is 8.12. The summed E-state index contributed by atoms with van der Waals surface area (Å²) in [6.45, 7) is 0.797. The first-order chi connectivity index (χ1) is 13.3. The van der Waals surface area contributed by atoms with Crippen LogP contribution in [0.2, 0.25) is 0 Å². The summed E-state index contributed by atoms with van der Waals surface area (Å²) < 4.78 is 1.83. The molecule has 3 heterocycles. The second-order valence-corrected chi connectivity index (χ2v) is 6.86. The maximum absolute atomic E-state index is 12.8. The number of hydrogen-bond donors (Lipinski definition) is 0. The van der Waals surface area contributed by atoms with E-state index in [9.17, 15) is 4.79 Å². The monoisotopic (exact) mass is 361 g/mol. The van der Waals surface area contributed by atoms with E-state index in [1.54, 1.807) is 24.9 Å². The van der Waals surface area contributed by atoms with Crippen molar-refractivity contribution >= 4 is 5.91 Å². The van der Waals surface area contributed by atoms with Gasteiger partial charge in [0, 0.05) is 25.4 Å². The van der Waals surface area contributed by atoms with E-state index in [1.807, 2.05) is 33.9 Å². The number of carbonyl (C=O) groups is 1. The lowest BCUT2D eigenvalue weighted by atomic mass is 10.1. The molecular formula is C21H23N5O. The SMILES string of the molecule is O=C(CCCc1ccccc1)N1CCCC1c1cncc(-n2ccnc2)n1. The fourth-order valence-electron chi connectivity index (χ4n) is 3.65. The number of rotatable bonds is 6. The maximum Gasteiger partial charge on any atom is 0.223 e. The molecular weight excluding hydrogens is 338 g/mol. The summed E-state index contributed by atoms with van der Waals surface area (Å²) in [5.74, 6) is 0.941. The van der Waals surface area contributed by atoms with Crippen LogP contribution in [0, 0.1) is 0 Å². The summed E-state index contributed by atoms with van der Waals surface area (Å²) in [7, 11) is 0. The van der Waals surface area contributed by atoms with Gasteiger partial charge in [-0.15, -0.1) is 0 Å². The molecule has 0 radical (unpaired) electrons. The zero-order valence-electron chi connectivity index (χ0n) is 15.2. The van der Waals surface area contributed by atoms with Crippen LogP contribution in [-0.2, 0) is 11.2 Å². The average molecular weight is 361 g/mol. The number of hydrogen-bond acceptors (Lipinski definition) is 4. The molecule has 1 aromatic carbocycles. The van der Waals surface area contributed by atoms with Crippen LogP contribution >= 0.6 is 0 Å². The fourth-order valence-corrected chi connectivity index (χ4v) is 3.65. The number of benzene rings is 1. The van der Waals surface area contributed by atoms with Gasteiger partial charge in [0.25, 0.3) is 0 Å². The van der Waals surface area contributed by atoms with Crippen LogP contribution in [-0.4, -0.2) is 36.9 Å². The first kappa shape index (κ1) is 17.4. The maximum atomic E-state index is 12.8. The molecule has 0 spiro atoms. The standard InChI is InChI=1S/C21H23N5O/c27-21(10-4-8-17-6-2-1-3-7-17)26-12-5-9-19(26)18-14-23-15-20(24-18)25-13-11-22-16-25/h1-3,6-7,11,13-16,19H,4-5,8-10,12H2. The zero-order chi connectivity index (χ0) is 18.5. The Hall–Kier alpha value is -3.02. The summed E-state index contributed by atoms with van der Waals surface area (Å²) in [6.07, 6.45) is 13.1. The number of nitrogens with zero attached hydrogens (tertiary/aromatic N) is 5. The van der Waals surface area contributed by atoms with Gasteiger partial charge >= 0.3 is 0 Å². The lowest BCUT2D eigenvalue weighted by Gasteiger charge is -2.24. The van der Waals surface area contributed by atoms with Crippen LogP contribution in [0.25, 0.3) is 5.82 Å². The summed E-state index contributed by atoms with van der Waals surface area (Å²) in [4.78, 5) is 27.9. The predicted molar refractivity (Wildman–Crippen MR) is 102 cm³/mol. The number of amides is 1. The highest BCUT2D eigenvalue weighted by molar-refractivity contribution is 5.77. The minimum atomic E-state index is 0.0187. The van der Waals surface area contributed by atoms with E-state index in [0.29, 0.717) is 6.42 Å². The van der Waals surface area contributed by atoms with Crippen molar-refractivity contribution in [3.8, 4) is 5.82 Å². The lowest BCUT2D eigenvalue weighted by molar-refractivity contribution is -0.132. The first-order valence-corrected chi connectivity index (χ1v) is 9.45. The van der Waals surface area contributed by atoms with E-state index in [1.165, 1.54) is 5.56 Å². The Morgan fingerprint density at radius 2 is 2.04 bits per heavy atom. The molecule has 0 bridgehead atoms. The van der Waals surface area contributed by atoms with Gasteiger partial charge < -0.3 is 4.90 Å². The molecule has 1 atom stereocenters. The summed E-state index contributed by atoms with van der Waals surface area (Å²) >= 11 is 0. The molecule has 0 saturated carbocycles. The molecule has 2 aromatic heterocycles. The van der Waals surface area contributed by atoms with Crippen LogP contribution in [0.15, 0.2) is 61.4 Å². The molecule has 3 aromatic rings. The minimum absolute atomic E-state index is 0.0187. The molecule has 1 saturated heterocycles. The smallest absolute Gasteiger partial charge is 0.223 e. The average Bonchev–Trinajstić information content (AvgIpc) is 3.41. The van der Waals surface area contributed by atoms with Gasteiger partial charge in [0.2, 0.25) is 5.91 Å². The minimum Gasteiger partial charge on any atom is -0.334 e. The molecule has 138 valence electrons. The molecule has 0 N–H and O–H groups in total. The van der Waals surface area contributed by atoms with E-state index in [0.717, 1.165) is 43.7 Å². The van der Waals surface area contributed by atoms with Gasteiger partial charge in [-0.3, -0.25) is 14.3 Å². The third-order valence-electron chi connectivity index (χ3n) is 5.02. The summed E-state index contributed by atoms with van der Waals surface area (Å²) in [5.41, 5.74) is 2.14. The molecule has 6 heteroatoms. The molecule has 4 rings (SSSR count). The summed E-state index contributed by atoms with van der Waals surface area (Å²) in [5, 5.41) is 0. The Bertz CT molecular complexity index is 879. The number of aryl methyl sites for hydroxylation is 1. The highest BCUT2D eigenvalue weighted by Gasteiger charge is 2.30. The molecule has 1 aliphatic rings. The molecule has 1 unspecified atom stereocenters. The van der Waals surface area contributed by atoms with Gasteiger partial charge in [-0.25, -0.2) is 9.97 Å². The van der Waals surface area contributed by atoms with Crippen LogP contribution < -0.4 is 0 Å². The molecule has 27 heavy (non-hydrogen) atoms. The van der Waals surface area contributed by atoms with Gasteiger partial charge in [0.15, 0.2) is 5.82 Å². The van der Waals surface area contributed by atoms with Gasteiger partial charge in [-0.2, -0.15) is 0 Å². The third-order valence-corrected chi connectivity index (χ3v) is 5.02. The summed E-state index contributed by atoms with van der Waals surface area (Å²) in [6, 6.07) is 10.3. The van der Waals surface area contributed by atoms with Crippen LogP contribution in [0.4, 0.5) is 0 Å². The lowest BCUT2D eigenvalue weighted by Crippen LogP contribution is -2.31. The van der Waals surface area contributed by atoms with Gasteiger partial charge in [0.1, 0.15) is 6.33 Å². The fraction of sp³-hybridized carbons (Fsp3) is 0.333. The van der Waals surface area contributed by atoms with E-state index < -0.39 is 0 Å². The van der Waals surface area contributed by atoms with Crippen molar-refractivity contribution in [1.29, 1.82) is 0 Å². The highest BCUT2D eigenvalue weighted by atomic mass is 16.2. The third kappa shape index (κ3) is 4.05. The highest BCUT2D eigenvalue weighted by Crippen LogP contribution is 2.31. The Balaban J connectivity index is 1.41. The van der Waals surface area contributed by atoms with E-state index in [4.69, 9.17) is 4.98 Å². The molecule has 1 amide bonds. The van der Waals surface area contributed by atoms with Crippen LogP contribution in [0.1, 0.15) is 43.0 Å². The zero-order valence-corrected chi connectivity index (χ0v) is 15.2. The number of likely N-dealkylation sites (tertiary alicyclic amines) is 1. The van der Waals surface area contributed by atoms with Gasteiger partial charge in [-0.1, -0.05) is 30.3 Å². The quantitative estimate of drug-likeness (QED) is 0.675. The molecule has 1 aliphatic heterocycles. The number of imidazole rings is 1. The van der Waals surface area contributed by atoms with Crippen molar-refractivity contribution in [3.63, 3.8) is 0 Å². The molecule has 6 nitrogen and oxygen atoms in total. The number of aromatic nitrogens is 4. The first-order valence-electron chi connectivity index (χ1n) is 9.45. The van der Waals surface area contributed by atoms with Crippen LogP contribution in [0.3, 0.4) is 0 Å².